The Morgan fingerprint density at radius 3 is 3.00 bits per heavy atom. The van der Waals surface area contributed by atoms with Gasteiger partial charge < -0.3 is 10.4 Å². The molecule has 2 rings (SSSR count). The molecule has 3 nitrogen and oxygen atoms in total. The molecule has 1 aromatic rings. The molecule has 1 amide bonds. The number of aliphatic hydroxyl groups is 1. The summed E-state index contributed by atoms with van der Waals surface area (Å²) < 4.78 is 0. The van der Waals surface area contributed by atoms with Crippen LogP contribution in [0.25, 0.3) is 0 Å². The highest BCUT2D eigenvalue weighted by atomic mass is 32.1. The van der Waals surface area contributed by atoms with Crippen LogP contribution < -0.4 is 5.32 Å². The van der Waals surface area contributed by atoms with E-state index in [1.165, 1.54) is 9.75 Å². The second kappa shape index (κ2) is 4.55. The predicted molar refractivity (Wildman–Crippen MR) is 64.6 cm³/mol. The third-order valence-corrected chi connectivity index (χ3v) is 4.05. The normalized spacial score (nSPS) is 25.2. The third kappa shape index (κ3) is 2.44. The van der Waals surface area contributed by atoms with Crippen LogP contribution in [0.1, 0.15) is 29.0 Å². The van der Waals surface area contributed by atoms with Gasteiger partial charge in [0, 0.05) is 27.6 Å². The van der Waals surface area contributed by atoms with Crippen LogP contribution in [0.5, 0.6) is 0 Å². The van der Waals surface area contributed by atoms with Crippen LogP contribution in [0.3, 0.4) is 0 Å². The summed E-state index contributed by atoms with van der Waals surface area (Å²) in [6, 6.07) is 4.08. The maximum absolute atomic E-state index is 11.7. The molecule has 2 N–H and O–H groups in total. The minimum Gasteiger partial charge on any atom is -0.394 e. The van der Waals surface area contributed by atoms with Gasteiger partial charge in [-0.3, -0.25) is 4.79 Å². The van der Waals surface area contributed by atoms with Crippen LogP contribution >= 0.6 is 11.3 Å². The van der Waals surface area contributed by atoms with Crippen LogP contribution in [0.4, 0.5) is 0 Å². The first-order valence-electron chi connectivity index (χ1n) is 5.59. The average Bonchev–Trinajstić information content (AvgIpc) is 2.95. The molecule has 88 valence electrons. The Labute approximate surface area is 99.5 Å². The lowest BCUT2D eigenvalue weighted by molar-refractivity contribution is -0.123. The largest absolute Gasteiger partial charge is 0.394 e. The number of aryl methyl sites for hydroxylation is 1. The molecule has 0 radical (unpaired) electrons. The summed E-state index contributed by atoms with van der Waals surface area (Å²) in [5, 5.41) is 11.7. The highest BCUT2D eigenvalue weighted by Crippen LogP contribution is 2.49. The molecule has 0 bridgehead atoms. The third-order valence-electron chi connectivity index (χ3n) is 2.92. The van der Waals surface area contributed by atoms with Crippen molar-refractivity contribution in [3.63, 3.8) is 0 Å². The minimum absolute atomic E-state index is 0.00123. The Balaban J connectivity index is 1.89. The molecule has 1 aromatic heterocycles. The van der Waals surface area contributed by atoms with Crippen LogP contribution in [0.15, 0.2) is 12.1 Å². The Hall–Kier alpha value is -0.870. The zero-order valence-electron chi connectivity index (χ0n) is 9.56. The van der Waals surface area contributed by atoms with Crippen molar-refractivity contribution < 1.29 is 9.90 Å². The van der Waals surface area contributed by atoms with Crippen LogP contribution in [0, 0.1) is 12.8 Å². The molecule has 1 aliphatic rings. The lowest BCUT2D eigenvalue weighted by Crippen LogP contribution is -2.36. The van der Waals surface area contributed by atoms with Gasteiger partial charge in [-0.1, -0.05) is 0 Å². The molecule has 1 fully saturated rings. The van der Waals surface area contributed by atoms with Crippen molar-refractivity contribution in [2.24, 2.45) is 5.92 Å². The van der Waals surface area contributed by atoms with Gasteiger partial charge in [0.25, 0.3) is 0 Å². The second-order valence-corrected chi connectivity index (χ2v) is 5.81. The first-order valence-corrected chi connectivity index (χ1v) is 6.41. The fourth-order valence-electron chi connectivity index (χ4n) is 1.85. The van der Waals surface area contributed by atoms with Gasteiger partial charge in [0.05, 0.1) is 6.61 Å². The van der Waals surface area contributed by atoms with Crippen LogP contribution in [0.2, 0.25) is 0 Å². The van der Waals surface area contributed by atoms with E-state index in [2.05, 4.69) is 24.4 Å². The first kappa shape index (κ1) is 11.6. The predicted octanol–water partition coefficient (Wildman–Crippen LogP) is 1.66. The number of nitrogens with one attached hydrogen (secondary N) is 1. The zero-order valence-corrected chi connectivity index (χ0v) is 10.4. The van der Waals surface area contributed by atoms with E-state index in [1.807, 2.05) is 6.92 Å². The van der Waals surface area contributed by atoms with E-state index in [0.29, 0.717) is 5.92 Å². The molecule has 4 heteroatoms. The monoisotopic (exact) mass is 239 g/mol. The summed E-state index contributed by atoms with van der Waals surface area (Å²) in [5.41, 5.74) is 0. The fourth-order valence-corrected chi connectivity index (χ4v) is 2.90. The van der Waals surface area contributed by atoms with Gasteiger partial charge >= 0.3 is 0 Å². The molecule has 3 atom stereocenters. The van der Waals surface area contributed by atoms with Crippen molar-refractivity contribution >= 4 is 17.2 Å². The summed E-state index contributed by atoms with van der Waals surface area (Å²) in [5.74, 6) is 0.606. The van der Waals surface area contributed by atoms with Crippen LogP contribution in [-0.2, 0) is 4.79 Å². The molecule has 0 aromatic carbocycles. The highest BCUT2D eigenvalue weighted by Gasteiger charge is 2.44. The van der Waals surface area contributed by atoms with E-state index in [0.717, 1.165) is 6.42 Å². The van der Waals surface area contributed by atoms with Gasteiger partial charge in [0.15, 0.2) is 0 Å². The molecule has 0 saturated heterocycles. The Morgan fingerprint density at radius 2 is 2.44 bits per heavy atom. The molecular weight excluding hydrogens is 222 g/mol. The number of amides is 1. The number of hydrogen-bond donors (Lipinski definition) is 2. The van der Waals surface area contributed by atoms with Crippen molar-refractivity contribution in [3.05, 3.63) is 21.9 Å². The number of aliphatic hydroxyl groups excluding tert-OH is 1. The average molecular weight is 239 g/mol. The summed E-state index contributed by atoms with van der Waals surface area (Å²) in [6.45, 7) is 3.89. The number of hydrogen-bond acceptors (Lipinski definition) is 3. The maximum Gasteiger partial charge on any atom is 0.224 e. The standard InChI is InChI=1S/C12H17NO2S/c1-7(6-14)13-12(15)10-5-9(10)11-4-3-8(2)16-11/h3-4,7,9-10,14H,5-6H2,1-2H3,(H,13,15). The summed E-state index contributed by atoms with van der Waals surface area (Å²) in [6.07, 6.45) is 0.948. The molecule has 1 heterocycles. The number of carbonyl (C=O) groups is 1. The van der Waals surface area contributed by atoms with Crippen molar-refractivity contribution in [1.29, 1.82) is 0 Å². The molecule has 3 unspecified atom stereocenters. The first-order chi connectivity index (χ1) is 7.61. The topological polar surface area (TPSA) is 49.3 Å². The van der Waals surface area contributed by atoms with E-state index in [9.17, 15) is 4.79 Å². The van der Waals surface area contributed by atoms with Gasteiger partial charge in [-0.05, 0) is 32.4 Å². The van der Waals surface area contributed by atoms with Crippen molar-refractivity contribution in [3.8, 4) is 0 Å². The minimum atomic E-state index is -0.140. The summed E-state index contributed by atoms with van der Waals surface area (Å²) in [7, 11) is 0. The maximum atomic E-state index is 11.7. The molecule has 16 heavy (non-hydrogen) atoms. The van der Waals surface area contributed by atoms with Crippen molar-refractivity contribution in [1.82, 2.24) is 5.32 Å². The molecule has 1 saturated carbocycles. The SMILES string of the molecule is Cc1ccc(C2CC2C(=O)NC(C)CO)s1. The fraction of sp³-hybridized carbons (Fsp3) is 0.583. The lowest BCUT2D eigenvalue weighted by atomic mass is 10.2. The summed E-state index contributed by atoms with van der Waals surface area (Å²) in [4.78, 5) is 14.4. The molecular formula is C12H17NO2S. The smallest absolute Gasteiger partial charge is 0.224 e. The van der Waals surface area contributed by atoms with E-state index in [1.54, 1.807) is 11.3 Å². The molecule has 0 aliphatic heterocycles. The van der Waals surface area contributed by atoms with Gasteiger partial charge in [-0.2, -0.15) is 0 Å². The van der Waals surface area contributed by atoms with E-state index < -0.39 is 0 Å². The van der Waals surface area contributed by atoms with E-state index in [-0.39, 0.29) is 24.5 Å². The van der Waals surface area contributed by atoms with E-state index in [4.69, 9.17) is 5.11 Å². The second-order valence-electron chi connectivity index (χ2n) is 4.49. The summed E-state index contributed by atoms with van der Waals surface area (Å²) >= 11 is 1.77. The number of thiophene rings is 1. The lowest BCUT2D eigenvalue weighted by Gasteiger charge is -2.09. The van der Waals surface area contributed by atoms with Gasteiger partial charge in [-0.25, -0.2) is 0 Å². The van der Waals surface area contributed by atoms with Gasteiger partial charge in [-0.15, -0.1) is 11.3 Å². The van der Waals surface area contributed by atoms with Gasteiger partial charge in [0.2, 0.25) is 5.91 Å². The van der Waals surface area contributed by atoms with Crippen molar-refractivity contribution in [2.75, 3.05) is 6.61 Å². The van der Waals surface area contributed by atoms with Crippen molar-refractivity contribution in [2.45, 2.75) is 32.2 Å². The zero-order chi connectivity index (χ0) is 11.7. The Kier molecular flexibility index (Phi) is 3.30. The number of carbonyl (C=O) groups excluding carboxylic acids is 1. The Bertz CT molecular complexity index is 388. The molecule has 0 spiro atoms. The quantitative estimate of drug-likeness (QED) is 0.839. The number of rotatable bonds is 4. The molecule has 1 aliphatic carbocycles. The van der Waals surface area contributed by atoms with Crippen LogP contribution in [-0.4, -0.2) is 23.7 Å². The Morgan fingerprint density at radius 1 is 1.69 bits per heavy atom. The van der Waals surface area contributed by atoms with Gasteiger partial charge in [0.1, 0.15) is 0 Å². The van der Waals surface area contributed by atoms with E-state index >= 15 is 0 Å². The highest BCUT2D eigenvalue weighted by molar-refractivity contribution is 7.12.